The molecule has 1 aromatic heterocycles. The normalized spacial score (nSPS) is 10.4. The molecule has 2 aromatic rings. The molecule has 0 radical (unpaired) electrons. The summed E-state index contributed by atoms with van der Waals surface area (Å²) < 4.78 is 0.711. The van der Waals surface area contributed by atoms with Gasteiger partial charge in [-0.25, -0.2) is 4.98 Å². The SMILES string of the molecule is NCc1ccc(-c2ncc(Cl)s2)cc1. The maximum Gasteiger partial charge on any atom is 0.124 e. The van der Waals surface area contributed by atoms with Crippen LogP contribution in [0.4, 0.5) is 0 Å². The quantitative estimate of drug-likeness (QED) is 0.852. The van der Waals surface area contributed by atoms with Crippen molar-refractivity contribution >= 4 is 22.9 Å². The summed E-state index contributed by atoms with van der Waals surface area (Å²) in [6.45, 7) is 0.568. The van der Waals surface area contributed by atoms with Gasteiger partial charge in [-0.1, -0.05) is 35.9 Å². The number of hydrogen-bond acceptors (Lipinski definition) is 3. The fraction of sp³-hybridized carbons (Fsp3) is 0.100. The van der Waals surface area contributed by atoms with E-state index in [-0.39, 0.29) is 0 Å². The van der Waals surface area contributed by atoms with Gasteiger partial charge in [0.05, 0.1) is 6.20 Å². The number of nitrogens with two attached hydrogens (primary N) is 1. The van der Waals surface area contributed by atoms with E-state index in [0.717, 1.165) is 16.1 Å². The Balaban J connectivity index is 2.33. The largest absolute Gasteiger partial charge is 0.326 e. The average Bonchev–Trinajstić information content (AvgIpc) is 2.65. The van der Waals surface area contributed by atoms with Crippen molar-refractivity contribution in [3.05, 3.63) is 40.4 Å². The van der Waals surface area contributed by atoms with Gasteiger partial charge in [0.15, 0.2) is 0 Å². The predicted molar refractivity (Wildman–Crippen MR) is 60.5 cm³/mol. The molecule has 0 aliphatic heterocycles. The Morgan fingerprint density at radius 2 is 2.00 bits per heavy atom. The summed E-state index contributed by atoms with van der Waals surface area (Å²) in [4.78, 5) is 4.20. The number of benzene rings is 1. The van der Waals surface area contributed by atoms with Crippen molar-refractivity contribution < 1.29 is 0 Å². The average molecular weight is 225 g/mol. The highest BCUT2D eigenvalue weighted by Crippen LogP contribution is 2.27. The van der Waals surface area contributed by atoms with Crippen LogP contribution in [0.2, 0.25) is 4.34 Å². The molecule has 0 bridgehead atoms. The highest BCUT2D eigenvalue weighted by atomic mass is 35.5. The number of nitrogens with zero attached hydrogens (tertiary/aromatic N) is 1. The topological polar surface area (TPSA) is 38.9 Å². The van der Waals surface area contributed by atoms with Crippen LogP contribution in [-0.2, 0) is 6.54 Å². The van der Waals surface area contributed by atoms with Crippen LogP contribution in [0.5, 0.6) is 0 Å². The fourth-order valence-corrected chi connectivity index (χ4v) is 2.09. The van der Waals surface area contributed by atoms with Gasteiger partial charge in [0.2, 0.25) is 0 Å². The lowest BCUT2D eigenvalue weighted by molar-refractivity contribution is 1.07. The Labute approximate surface area is 91.4 Å². The maximum absolute atomic E-state index is 5.80. The molecule has 0 aliphatic carbocycles. The molecule has 1 heterocycles. The summed E-state index contributed by atoms with van der Waals surface area (Å²) in [5.41, 5.74) is 7.71. The summed E-state index contributed by atoms with van der Waals surface area (Å²) in [5.74, 6) is 0. The van der Waals surface area contributed by atoms with Crippen LogP contribution in [-0.4, -0.2) is 4.98 Å². The first-order valence-electron chi connectivity index (χ1n) is 4.20. The van der Waals surface area contributed by atoms with Gasteiger partial charge in [-0.15, -0.1) is 11.3 Å². The highest BCUT2D eigenvalue weighted by Gasteiger charge is 2.02. The van der Waals surface area contributed by atoms with Crippen molar-refractivity contribution in [3.63, 3.8) is 0 Å². The van der Waals surface area contributed by atoms with Gasteiger partial charge in [0.1, 0.15) is 9.34 Å². The van der Waals surface area contributed by atoms with Gasteiger partial charge in [-0.05, 0) is 5.56 Å². The third-order valence-electron chi connectivity index (χ3n) is 1.91. The molecular weight excluding hydrogens is 216 g/mol. The lowest BCUT2D eigenvalue weighted by Crippen LogP contribution is -1.94. The summed E-state index contributed by atoms with van der Waals surface area (Å²) in [6.07, 6.45) is 1.67. The van der Waals surface area contributed by atoms with Crippen LogP contribution >= 0.6 is 22.9 Å². The van der Waals surface area contributed by atoms with Crippen molar-refractivity contribution in [1.82, 2.24) is 4.98 Å². The van der Waals surface area contributed by atoms with Crippen LogP contribution in [0.3, 0.4) is 0 Å². The summed E-state index contributed by atoms with van der Waals surface area (Å²) in [5, 5.41) is 0.943. The minimum atomic E-state index is 0.568. The highest BCUT2D eigenvalue weighted by molar-refractivity contribution is 7.18. The predicted octanol–water partition coefficient (Wildman–Crippen LogP) is 2.92. The summed E-state index contributed by atoms with van der Waals surface area (Å²) in [7, 11) is 0. The molecular formula is C10H9ClN2S. The van der Waals surface area contributed by atoms with Crippen LogP contribution < -0.4 is 5.73 Å². The van der Waals surface area contributed by atoms with Crippen LogP contribution in [0.1, 0.15) is 5.56 Å². The van der Waals surface area contributed by atoms with E-state index in [2.05, 4.69) is 4.98 Å². The molecule has 0 saturated heterocycles. The van der Waals surface area contributed by atoms with Gasteiger partial charge in [0.25, 0.3) is 0 Å². The van der Waals surface area contributed by atoms with Gasteiger partial charge in [-0.3, -0.25) is 0 Å². The maximum atomic E-state index is 5.80. The van der Waals surface area contributed by atoms with Crippen LogP contribution in [0, 0.1) is 0 Å². The van der Waals surface area contributed by atoms with Crippen molar-refractivity contribution in [2.75, 3.05) is 0 Å². The van der Waals surface area contributed by atoms with E-state index in [1.54, 1.807) is 6.20 Å². The first-order chi connectivity index (χ1) is 6.79. The Morgan fingerprint density at radius 3 is 2.50 bits per heavy atom. The molecule has 72 valence electrons. The Hall–Kier alpha value is -0.900. The minimum Gasteiger partial charge on any atom is -0.326 e. The van der Waals surface area contributed by atoms with Crippen LogP contribution in [0.15, 0.2) is 30.5 Å². The van der Waals surface area contributed by atoms with E-state index in [1.165, 1.54) is 11.3 Å². The smallest absolute Gasteiger partial charge is 0.124 e. The van der Waals surface area contributed by atoms with Crippen molar-refractivity contribution in [2.24, 2.45) is 5.73 Å². The summed E-state index contributed by atoms with van der Waals surface area (Å²) >= 11 is 7.28. The third kappa shape index (κ3) is 1.95. The molecule has 2 N–H and O–H groups in total. The first-order valence-corrected chi connectivity index (χ1v) is 5.40. The number of aromatic nitrogens is 1. The van der Waals surface area contributed by atoms with E-state index in [1.807, 2.05) is 24.3 Å². The van der Waals surface area contributed by atoms with E-state index < -0.39 is 0 Å². The summed E-state index contributed by atoms with van der Waals surface area (Å²) in [6, 6.07) is 8.03. The molecule has 0 saturated carbocycles. The zero-order valence-electron chi connectivity index (χ0n) is 7.40. The zero-order chi connectivity index (χ0) is 9.97. The molecule has 0 aliphatic rings. The number of rotatable bonds is 2. The molecule has 0 unspecified atom stereocenters. The van der Waals surface area contributed by atoms with Gasteiger partial charge in [0, 0.05) is 12.1 Å². The Kier molecular flexibility index (Phi) is 2.82. The monoisotopic (exact) mass is 224 g/mol. The number of thiazole rings is 1. The first kappa shape index (κ1) is 9.65. The number of halogens is 1. The van der Waals surface area contributed by atoms with Gasteiger partial charge in [-0.2, -0.15) is 0 Å². The second-order valence-corrected chi connectivity index (χ2v) is 4.53. The van der Waals surface area contributed by atoms with Crippen molar-refractivity contribution in [3.8, 4) is 10.6 Å². The van der Waals surface area contributed by atoms with Gasteiger partial charge < -0.3 is 5.73 Å². The molecule has 2 rings (SSSR count). The third-order valence-corrected chi connectivity index (χ3v) is 3.08. The van der Waals surface area contributed by atoms with Crippen molar-refractivity contribution in [1.29, 1.82) is 0 Å². The standard InChI is InChI=1S/C10H9ClN2S/c11-9-6-13-10(14-9)8-3-1-7(5-12)2-4-8/h1-4,6H,5,12H2. The Morgan fingerprint density at radius 1 is 1.29 bits per heavy atom. The number of hydrogen-bond donors (Lipinski definition) is 1. The minimum absolute atomic E-state index is 0.568. The molecule has 0 spiro atoms. The lowest BCUT2D eigenvalue weighted by Gasteiger charge is -1.98. The second kappa shape index (κ2) is 4.09. The van der Waals surface area contributed by atoms with Crippen LogP contribution in [0.25, 0.3) is 10.6 Å². The second-order valence-electron chi connectivity index (χ2n) is 2.87. The van der Waals surface area contributed by atoms with E-state index in [0.29, 0.717) is 10.9 Å². The van der Waals surface area contributed by atoms with E-state index in [4.69, 9.17) is 17.3 Å². The fourth-order valence-electron chi connectivity index (χ4n) is 1.17. The lowest BCUT2D eigenvalue weighted by atomic mass is 10.1. The molecule has 0 atom stereocenters. The van der Waals surface area contributed by atoms with E-state index >= 15 is 0 Å². The van der Waals surface area contributed by atoms with Crippen molar-refractivity contribution in [2.45, 2.75) is 6.54 Å². The van der Waals surface area contributed by atoms with Gasteiger partial charge >= 0.3 is 0 Å². The Bertz CT molecular complexity index is 422. The molecule has 2 nitrogen and oxygen atoms in total. The molecule has 1 aromatic carbocycles. The molecule has 4 heteroatoms. The molecule has 0 fully saturated rings. The molecule has 14 heavy (non-hydrogen) atoms. The van der Waals surface area contributed by atoms with E-state index in [9.17, 15) is 0 Å². The zero-order valence-corrected chi connectivity index (χ0v) is 8.98. The molecule has 0 amide bonds.